The Morgan fingerprint density at radius 3 is 1.78 bits per heavy atom. The Labute approximate surface area is 380 Å². The monoisotopic (exact) mass is 952 g/mol. The van der Waals surface area contributed by atoms with E-state index in [9.17, 15) is 53.8 Å². The molecule has 1 heterocycles. The van der Waals surface area contributed by atoms with Crippen LogP contribution >= 0.6 is 15.6 Å². The number of rotatable bonds is 37. The van der Waals surface area contributed by atoms with Gasteiger partial charge < -0.3 is 49.3 Å². The van der Waals surface area contributed by atoms with Gasteiger partial charge in [0, 0.05) is 12.8 Å². The Hall–Kier alpha value is -2.08. The summed E-state index contributed by atoms with van der Waals surface area (Å²) in [5.41, 5.74) is 0. The average Bonchev–Trinajstić information content (AvgIpc) is 4.01. The van der Waals surface area contributed by atoms with Gasteiger partial charge in [-0.3, -0.25) is 23.2 Å². The van der Waals surface area contributed by atoms with E-state index >= 15 is 0 Å². The Bertz CT molecular complexity index is 1500. The van der Waals surface area contributed by atoms with Gasteiger partial charge in [0.05, 0.1) is 18.8 Å². The first-order valence-corrected chi connectivity index (χ1v) is 26.3. The molecule has 0 aromatic heterocycles. The second-order valence-electron chi connectivity index (χ2n) is 16.5. The van der Waals surface area contributed by atoms with Crippen LogP contribution in [0.4, 0.5) is 0 Å². The number of epoxide rings is 1. The van der Waals surface area contributed by atoms with Crippen LogP contribution in [0, 0.1) is 0 Å². The third kappa shape index (κ3) is 26.9. The minimum atomic E-state index is -5.37. The van der Waals surface area contributed by atoms with E-state index in [4.69, 9.17) is 23.3 Å². The molecule has 2 aliphatic rings. The molecule has 1 saturated carbocycles. The van der Waals surface area contributed by atoms with Crippen LogP contribution in [0.25, 0.3) is 0 Å². The van der Waals surface area contributed by atoms with Crippen LogP contribution in [0.15, 0.2) is 48.6 Å². The van der Waals surface area contributed by atoms with Gasteiger partial charge in [0.15, 0.2) is 6.10 Å². The highest BCUT2D eigenvalue weighted by molar-refractivity contribution is 7.47. The van der Waals surface area contributed by atoms with Crippen LogP contribution in [0.3, 0.4) is 0 Å². The highest BCUT2D eigenvalue weighted by Crippen LogP contribution is 2.49. The van der Waals surface area contributed by atoms with E-state index in [1.165, 1.54) is 19.3 Å². The highest BCUT2D eigenvalue weighted by atomic mass is 31.2. The van der Waals surface area contributed by atoms with E-state index < -0.39 is 83.5 Å². The smallest absolute Gasteiger partial charge is 0.462 e. The summed E-state index contributed by atoms with van der Waals surface area (Å²) in [6.45, 7) is 2.92. The second kappa shape index (κ2) is 33.4. The van der Waals surface area contributed by atoms with Gasteiger partial charge in [-0.2, -0.15) is 0 Å². The van der Waals surface area contributed by atoms with Crippen LogP contribution < -0.4 is 0 Å². The molecule has 0 aromatic carbocycles. The third-order valence-corrected chi connectivity index (χ3v) is 12.3. The molecule has 2 fully saturated rings. The zero-order valence-corrected chi connectivity index (χ0v) is 39.7. The topological polar surface area (TPSA) is 269 Å². The number of ether oxygens (including phenoxy) is 3. The summed E-state index contributed by atoms with van der Waals surface area (Å²) in [6, 6.07) is 0. The first-order valence-electron chi connectivity index (χ1n) is 23.3. The van der Waals surface area contributed by atoms with Crippen molar-refractivity contribution in [2.45, 2.75) is 210 Å². The van der Waals surface area contributed by atoms with Crippen molar-refractivity contribution in [2.75, 3.05) is 13.2 Å². The van der Waals surface area contributed by atoms with Crippen LogP contribution in [0.5, 0.6) is 0 Å². The van der Waals surface area contributed by atoms with Crippen molar-refractivity contribution in [1.29, 1.82) is 0 Å². The Morgan fingerprint density at radius 1 is 0.594 bits per heavy atom. The molecule has 7 N–H and O–H groups in total. The third-order valence-electron chi connectivity index (χ3n) is 10.8. The van der Waals surface area contributed by atoms with Crippen LogP contribution in [-0.4, -0.2) is 115 Å². The number of phosphoric ester groups is 2. The van der Waals surface area contributed by atoms with Gasteiger partial charge in [0.2, 0.25) is 0 Å². The minimum absolute atomic E-state index is 0.0166. The molecule has 7 unspecified atom stereocenters. The Kier molecular flexibility index (Phi) is 30.3. The van der Waals surface area contributed by atoms with Crippen LogP contribution in [-0.2, 0) is 46.5 Å². The van der Waals surface area contributed by atoms with E-state index in [2.05, 4.69) is 67.0 Å². The number of unbranched alkanes of at least 4 members (excludes halogenated alkanes) is 12. The van der Waals surface area contributed by atoms with Crippen molar-refractivity contribution in [2.24, 2.45) is 0 Å². The molecule has 1 aliphatic heterocycles. The minimum Gasteiger partial charge on any atom is -0.462 e. The van der Waals surface area contributed by atoms with Gasteiger partial charge in [0.1, 0.15) is 43.2 Å². The lowest BCUT2D eigenvalue weighted by atomic mass is 9.85. The number of phosphoric acid groups is 2. The van der Waals surface area contributed by atoms with Gasteiger partial charge in [-0.05, 0) is 70.6 Å². The molecule has 19 heteroatoms. The van der Waals surface area contributed by atoms with E-state index in [0.29, 0.717) is 25.0 Å². The van der Waals surface area contributed by atoms with E-state index in [0.717, 1.165) is 96.3 Å². The summed E-state index contributed by atoms with van der Waals surface area (Å²) >= 11 is 0. The predicted octanol–water partition coefficient (Wildman–Crippen LogP) is 7.49. The maximum atomic E-state index is 13.0. The summed E-state index contributed by atoms with van der Waals surface area (Å²) < 4.78 is 55.1. The SMILES string of the molecule is CC/C=C\C/C=C\C/C=C\CCCCCCCC(=O)O[C@H](COC(=O)CCCCCCCC1OC1C/C=C\CCCCC)COP(=O)(O)O[C@H]1C(O)C(O)C(O)[C@@H](OP(=O)(O)O)C1O. The first-order chi connectivity index (χ1) is 30.6. The number of carbonyl (C=O) groups excluding carboxylic acids is 2. The lowest BCUT2D eigenvalue weighted by Gasteiger charge is -2.43. The molecule has 370 valence electrons. The highest BCUT2D eigenvalue weighted by Gasteiger charge is 2.54. The average molecular weight is 953 g/mol. The van der Waals surface area contributed by atoms with E-state index in [1.54, 1.807) is 0 Å². The predicted molar refractivity (Wildman–Crippen MR) is 241 cm³/mol. The molecular weight excluding hydrogens is 874 g/mol. The molecule has 1 saturated heterocycles. The normalized spacial score (nSPS) is 25.4. The van der Waals surface area contributed by atoms with Crippen molar-refractivity contribution >= 4 is 27.6 Å². The number of esters is 2. The van der Waals surface area contributed by atoms with Crippen LogP contribution in [0.1, 0.15) is 155 Å². The standard InChI is InChI=1S/C45H78O17P2/c1-3-5-7-9-11-12-13-14-15-16-17-18-19-23-28-32-39(47)59-35(34-58-64(55,56)62-45-42(50)40(48)41(49)44(43(45)51)61-63(52,53)54)33-57-38(46)31-27-24-20-22-26-30-37-36(60-37)29-25-21-10-8-6-4-2/h5,7,11-12,14-15,21,25,35-37,40-45,48-51H,3-4,6,8-10,13,16-20,22-24,26-34H2,1-2H3,(H,55,56)(H2,52,53,54)/b7-5-,12-11-,15-14-,25-21-/t35-,36?,37?,40?,41?,42?,43?,44-,45+/m1/s1. The maximum Gasteiger partial charge on any atom is 0.472 e. The number of aliphatic hydroxyl groups is 4. The number of hydrogen-bond acceptors (Lipinski definition) is 14. The quantitative estimate of drug-likeness (QED) is 0.0104. The fourth-order valence-electron chi connectivity index (χ4n) is 7.10. The van der Waals surface area contributed by atoms with E-state index in [1.807, 2.05) is 0 Å². The number of allylic oxidation sites excluding steroid dienone is 7. The van der Waals surface area contributed by atoms with Gasteiger partial charge in [-0.1, -0.05) is 120 Å². The summed E-state index contributed by atoms with van der Waals surface area (Å²) in [7, 11) is -10.7. The lowest BCUT2D eigenvalue weighted by Crippen LogP contribution is -2.64. The molecule has 17 nitrogen and oxygen atoms in total. The van der Waals surface area contributed by atoms with Crippen molar-refractivity contribution < 1.29 is 81.6 Å². The number of hydrogen-bond donors (Lipinski definition) is 7. The summed E-state index contributed by atoms with van der Waals surface area (Å²) in [5.74, 6) is -1.25. The van der Waals surface area contributed by atoms with Crippen molar-refractivity contribution in [1.82, 2.24) is 0 Å². The first kappa shape index (κ1) is 58.0. The van der Waals surface area contributed by atoms with Gasteiger partial charge in [-0.15, -0.1) is 0 Å². The molecule has 0 bridgehead atoms. The number of carbonyl (C=O) groups is 2. The zero-order valence-electron chi connectivity index (χ0n) is 37.9. The molecule has 1 aliphatic carbocycles. The van der Waals surface area contributed by atoms with Gasteiger partial charge in [-0.25, -0.2) is 9.13 Å². The van der Waals surface area contributed by atoms with Crippen molar-refractivity contribution in [3.63, 3.8) is 0 Å². The Balaban J connectivity index is 1.81. The van der Waals surface area contributed by atoms with Crippen molar-refractivity contribution in [3.05, 3.63) is 48.6 Å². The number of aliphatic hydroxyl groups excluding tert-OH is 4. The fourth-order valence-corrected chi connectivity index (χ4v) is 8.64. The van der Waals surface area contributed by atoms with Crippen LogP contribution in [0.2, 0.25) is 0 Å². The molecule has 64 heavy (non-hydrogen) atoms. The fraction of sp³-hybridized carbons (Fsp3) is 0.778. The summed E-state index contributed by atoms with van der Waals surface area (Å²) in [4.78, 5) is 54.3. The lowest BCUT2D eigenvalue weighted by molar-refractivity contribution is -0.216. The zero-order chi connectivity index (χ0) is 47.2. The molecule has 0 spiro atoms. The van der Waals surface area contributed by atoms with Gasteiger partial charge in [0.25, 0.3) is 0 Å². The molecule has 0 radical (unpaired) electrons. The Morgan fingerprint density at radius 2 is 1.14 bits per heavy atom. The largest absolute Gasteiger partial charge is 0.472 e. The van der Waals surface area contributed by atoms with Crippen molar-refractivity contribution in [3.8, 4) is 0 Å². The molecule has 0 amide bonds. The van der Waals surface area contributed by atoms with E-state index in [-0.39, 0.29) is 12.8 Å². The second-order valence-corrected chi connectivity index (χ2v) is 19.1. The molecule has 0 aromatic rings. The molecule has 2 rings (SSSR count). The molecule has 10 atom stereocenters. The maximum absolute atomic E-state index is 13.0. The summed E-state index contributed by atoms with van der Waals surface area (Å²) in [5, 5.41) is 41.2. The van der Waals surface area contributed by atoms with Gasteiger partial charge >= 0.3 is 27.6 Å². The molecular formula is C45H78O17P2. The summed E-state index contributed by atoms with van der Waals surface area (Å²) in [6.07, 6.45) is 22.3.